The van der Waals surface area contributed by atoms with Crippen LogP contribution in [0.4, 0.5) is 5.69 Å². The van der Waals surface area contributed by atoms with Crippen molar-refractivity contribution in [2.24, 2.45) is 17.8 Å². The molecule has 0 bridgehead atoms. The Labute approximate surface area is 227 Å². The molecule has 3 aromatic heterocycles. The van der Waals surface area contributed by atoms with Crippen molar-refractivity contribution >= 4 is 29.1 Å². The van der Waals surface area contributed by atoms with Crippen molar-refractivity contribution < 1.29 is 14.3 Å². The van der Waals surface area contributed by atoms with Gasteiger partial charge in [0.25, 0.3) is 5.91 Å². The molecule has 202 valence electrons. The van der Waals surface area contributed by atoms with Gasteiger partial charge < -0.3 is 15.4 Å². The van der Waals surface area contributed by atoms with Crippen LogP contribution in [-0.4, -0.2) is 49.5 Å². The lowest BCUT2D eigenvalue weighted by atomic mass is 9.88. The molecule has 5 rings (SSSR count). The first kappa shape index (κ1) is 26.2. The summed E-state index contributed by atoms with van der Waals surface area (Å²) in [5, 5.41) is 15.3. The number of halogens is 1. The summed E-state index contributed by atoms with van der Waals surface area (Å²) in [6.07, 6.45) is 10.9. The number of ether oxygens (including phenoxy) is 1. The number of rotatable bonds is 11. The second kappa shape index (κ2) is 10.8. The van der Waals surface area contributed by atoms with Gasteiger partial charge in [-0.15, -0.1) is 0 Å². The van der Waals surface area contributed by atoms with Gasteiger partial charge in [0.15, 0.2) is 0 Å². The molecule has 0 aromatic carbocycles. The number of methoxy groups -OCH3 is 1. The number of aromatic nitrogens is 5. The highest BCUT2D eigenvalue weighted by Gasteiger charge is 2.48. The Morgan fingerprint density at radius 1 is 1.11 bits per heavy atom. The van der Waals surface area contributed by atoms with E-state index >= 15 is 0 Å². The van der Waals surface area contributed by atoms with Crippen LogP contribution in [0.2, 0.25) is 5.02 Å². The topological polar surface area (TPSA) is 116 Å². The van der Waals surface area contributed by atoms with E-state index in [1.54, 1.807) is 47.2 Å². The molecular weight excluding hydrogens is 506 g/mol. The van der Waals surface area contributed by atoms with E-state index in [0.29, 0.717) is 34.1 Å². The first-order chi connectivity index (χ1) is 18.3. The minimum Gasteiger partial charge on any atom is -0.481 e. The number of hydrogen-bond acceptors (Lipinski definition) is 6. The molecule has 3 aromatic rings. The SMILES string of the molecule is COc1ncc(Cl)cc1C(C)n1cc(NC(=O)[C@@H](NC(=O)c2ccnn2C(C)C)C(C2CC2)C2CC2)cn1. The third kappa shape index (κ3) is 5.55. The van der Waals surface area contributed by atoms with Gasteiger partial charge in [0.05, 0.1) is 30.1 Å². The average Bonchev–Trinajstić information content (AvgIpc) is 3.82. The molecule has 0 radical (unpaired) electrons. The van der Waals surface area contributed by atoms with Crippen LogP contribution in [0.3, 0.4) is 0 Å². The van der Waals surface area contributed by atoms with Crippen LogP contribution in [0.15, 0.2) is 36.9 Å². The molecule has 2 aliphatic rings. The van der Waals surface area contributed by atoms with Crippen LogP contribution in [0.1, 0.15) is 74.6 Å². The van der Waals surface area contributed by atoms with Crippen LogP contribution >= 0.6 is 11.6 Å². The first-order valence-electron chi connectivity index (χ1n) is 13.2. The van der Waals surface area contributed by atoms with E-state index < -0.39 is 6.04 Å². The van der Waals surface area contributed by atoms with Gasteiger partial charge in [-0.25, -0.2) is 4.98 Å². The Bertz CT molecular complexity index is 1300. The molecule has 38 heavy (non-hydrogen) atoms. The minimum atomic E-state index is -0.643. The highest BCUT2D eigenvalue weighted by atomic mass is 35.5. The highest BCUT2D eigenvalue weighted by molar-refractivity contribution is 6.30. The number of nitrogens with zero attached hydrogens (tertiary/aromatic N) is 5. The summed E-state index contributed by atoms with van der Waals surface area (Å²) < 4.78 is 8.79. The Hall–Kier alpha value is -3.40. The number of carbonyl (C=O) groups is 2. The maximum Gasteiger partial charge on any atom is 0.270 e. The van der Waals surface area contributed by atoms with Gasteiger partial charge >= 0.3 is 0 Å². The molecule has 2 N–H and O–H groups in total. The molecular formula is C27H34ClN7O3. The van der Waals surface area contributed by atoms with Crippen molar-refractivity contribution in [1.29, 1.82) is 0 Å². The number of nitrogens with one attached hydrogen (secondary N) is 2. The van der Waals surface area contributed by atoms with Gasteiger partial charge in [0.1, 0.15) is 11.7 Å². The molecule has 2 saturated carbocycles. The molecule has 2 amide bonds. The number of pyridine rings is 1. The van der Waals surface area contributed by atoms with Crippen molar-refractivity contribution in [3.8, 4) is 5.88 Å². The molecule has 0 saturated heterocycles. The normalized spacial score (nSPS) is 16.9. The zero-order chi connectivity index (χ0) is 27.0. The van der Waals surface area contributed by atoms with Crippen LogP contribution < -0.4 is 15.4 Å². The first-order valence-corrected chi connectivity index (χ1v) is 13.5. The zero-order valence-electron chi connectivity index (χ0n) is 22.1. The molecule has 2 fully saturated rings. The largest absolute Gasteiger partial charge is 0.481 e. The molecule has 1 unspecified atom stereocenters. The van der Waals surface area contributed by atoms with Gasteiger partial charge in [0, 0.05) is 30.2 Å². The molecule has 0 aliphatic heterocycles. The smallest absolute Gasteiger partial charge is 0.270 e. The fraction of sp³-hybridized carbons (Fsp3) is 0.519. The van der Waals surface area contributed by atoms with Crippen LogP contribution in [0, 0.1) is 17.8 Å². The van der Waals surface area contributed by atoms with Gasteiger partial charge in [-0.2, -0.15) is 10.2 Å². The van der Waals surface area contributed by atoms with Crippen molar-refractivity contribution in [2.75, 3.05) is 12.4 Å². The summed E-state index contributed by atoms with van der Waals surface area (Å²) in [5.41, 5.74) is 1.77. The average molecular weight is 540 g/mol. The number of carbonyl (C=O) groups excluding carboxylic acids is 2. The summed E-state index contributed by atoms with van der Waals surface area (Å²) in [4.78, 5) is 31.3. The molecule has 0 spiro atoms. The van der Waals surface area contributed by atoms with Gasteiger partial charge in [0.2, 0.25) is 11.8 Å². The van der Waals surface area contributed by atoms with Crippen molar-refractivity contribution in [1.82, 2.24) is 29.9 Å². The quantitative estimate of drug-likeness (QED) is 0.370. The second-order valence-corrected chi connectivity index (χ2v) is 11.0. The molecule has 2 atom stereocenters. The van der Waals surface area contributed by atoms with E-state index in [4.69, 9.17) is 16.3 Å². The summed E-state index contributed by atoms with van der Waals surface area (Å²) in [6.45, 7) is 5.89. The molecule has 10 nitrogen and oxygen atoms in total. The predicted octanol–water partition coefficient (Wildman–Crippen LogP) is 4.50. The summed E-state index contributed by atoms with van der Waals surface area (Å²) in [6, 6.07) is 2.64. The number of anilines is 1. The van der Waals surface area contributed by atoms with Crippen molar-refractivity contribution in [3.63, 3.8) is 0 Å². The van der Waals surface area contributed by atoms with E-state index in [1.807, 2.05) is 20.8 Å². The lowest BCUT2D eigenvalue weighted by molar-refractivity contribution is -0.119. The fourth-order valence-corrected chi connectivity index (χ4v) is 5.40. The van der Waals surface area contributed by atoms with Crippen LogP contribution in [0.5, 0.6) is 5.88 Å². The Kier molecular flexibility index (Phi) is 7.43. The summed E-state index contributed by atoms with van der Waals surface area (Å²) in [5.74, 6) is 0.978. The lowest BCUT2D eigenvalue weighted by Gasteiger charge is -2.27. The maximum absolute atomic E-state index is 13.7. The second-order valence-electron chi connectivity index (χ2n) is 10.6. The van der Waals surface area contributed by atoms with Gasteiger partial charge in [-0.3, -0.25) is 19.0 Å². The van der Waals surface area contributed by atoms with E-state index in [2.05, 4.69) is 25.8 Å². The molecule has 2 aliphatic carbocycles. The third-order valence-electron chi connectivity index (χ3n) is 7.43. The third-order valence-corrected chi connectivity index (χ3v) is 7.64. The molecule has 3 heterocycles. The number of hydrogen-bond donors (Lipinski definition) is 2. The summed E-state index contributed by atoms with van der Waals surface area (Å²) >= 11 is 6.17. The van der Waals surface area contributed by atoms with E-state index in [-0.39, 0.29) is 29.8 Å². The van der Waals surface area contributed by atoms with Gasteiger partial charge in [-0.1, -0.05) is 11.6 Å². The Morgan fingerprint density at radius 2 is 1.82 bits per heavy atom. The monoisotopic (exact) mass is 539 g/mol. The summed E-state index contributed by atoms with van der Waals surface area (Å²) in [7, 11) is 1.56. The van der Waals surface area contributed by atoms with Crippen molar-refractivity contribution in [3.05, 3.63) is 53.2 Å². The lowest BCUT2D eigenvalue weighted by Crippen LogP contribution is -2.50. The minimum absolute atomic E-state index is 0.0295. The zero-order valence-corrected chi connectivity index (χ0v) is 22.9. The standard InChI is InChI=1S/C27H34ClN7O3/c1-15(2)35-22(9-10-30-35)25(36)33-24(23(17-5-6-17)18-7-8-18)26(37)32-20-13-31-34(14-20)16(3)21-11-19(28)12-29-27(21)38-4/h9-18,23-24H,5-8H2,1-4H3,(H,32,37)(H,33,36)/t16?,24-/m0/s1. The van der Waals surface area contributed by atoms with E-state index in [0.717, 1.165) is 31.2 Å². The predicted molar refractivity (Wildman–Crippen MR) is 143 cm³/mol. The fourth-order valence-electron chi connectivity index (χ4n) is 5.24. The number of amides is 2. The van der Waals surface area contributed by atoms with Crippen LogP contribution in [-0.2, 0) is 4.79 Å². The van der Waals surface area contributed by atoms with E-state index in [9.17, 15) is 9.59 Å². The van der Waals surface area contributed by atoms with Gasteiger partial charge in [-0.05, 0) is 76.3 Å². The molecule has 11 heteroatoms. The Morgan fingerprint density at radius 3 is 2.45 bits per heavy atom. The van der Waals surface area contributed by atoms with Crippen molar-refractivity contribution in [2.45, 2.75) is 64.6 Å². The van der Waals surface area contributed by atoms with Crippen LogP contribution in [0.25, 0.3) is 0 Å². The van der Waals surface area contributed by atoms with E-state index in [1.165, 1.54) is 6.20 Å². The Balaban J connectivity index is 1.35. The maximum atomic E-state index is 13.7. The highest BCUT2D eigenvalue weighted by Crippen LogP contribution is 2.51.